The first-order valence-corrected chi connectivity index (χ1v) is 11.4. The predicted octanol–water partition coefficient (Wildman–Crippen LogP) is 5.62. The van der Waals surface area contributed by atoms with E-state index in [4.69, 9.17) is 0 Å². The molecule has 0 aromatic heterocycles. The molecule has 174 valence electrons. The summed E-state index contributed by atoms with van der Waals surface area (Å²) < 4.78 is 73.0. The van der Waals surface area contributed by atoms with Gasteiger partial charge in [0.2, 0.25) is 0 Å². The van der Waals surface area contributed by atoms with E-state index in [2.05, 4.69) is 5.32 Å². The van der Waals surface area contributed by atoms with Crippen LogP contribution in [0.15, 0.2) is 35.2 Å². The molecule has 0 atom stereocenters. The molecule has 0 amide bonds. The van der Waals surface area contributed by atoms with Crippen LogP contribution in [0.5, 0.6) is 0 Å². The molecule has 0 unspecified atom stereocenters. The Morgan fingerprint density at radius 2 is 1.72 bits per heavy atom. The number of hydrogen-bond acceptors (Lipinski definition) is 5. The first kappa shape index (κ1) is 24.0. The van der Waals surface area contributed by atoms with Crippen LogP contribution in [0.4, 0.5) is 24.5 Å². The van der Waals surface area contributed by atoms with E-state index in [1.165, 1.54) is 12.1 Å². The molecule has 1 aliphatic carbocycles. The molecule has 7 nitrogen and oxygen atoms in total. The lowest BCUT2D eigenvalue weighted by molar-refractivity contribution is -0.388. The first-order valence-electron chi connectivity index (χ1n) is 9.98. The molecule has 3 rings (SSSR count). The fourth-order valence-corrected chi connectivity index (χ4v) is 5.16. The van der Waals surface area contributed by atoms with Crippen LogP contribution < -0.4 is 5.32 Å². The monoisotopic (exact) mass is 472 g/mol. The number of anilines is 1. The zero-order valence-electron chi connectivity index (χ0n) is 17.4. The fraction of sp³-hybridized carbons (Fsp3) is 0.429. The molecule has 0 aliphatic heterocycles. The summed E-state index contributed by atoms with van der Waals surface area (Å²) >= 11 is 0. The van der Waals surface area contributed by atoms with Crippen LogP contribution in [-0.2, 0) is 16.3 Å². The van der Waals surface area contributed by atoms with Gasteiger partial charge < -0.3 is 5.32 Å². The van der Waals surface area contributed by atoms with E-state index in [0.29, 0.717) is 31.2 Å². The van der Waals surface area contributed by atoms with Crippen LogP contribution in [-0.4, -0.2) is 23.9 Å². The number of aryl methyl sites for hydroxylation is 1. The molecule has 0 spiro atoms. The van der Waals surface area contributed by atoms with Crippen LogP contribution in [0.1, 0.15) is 53.9 Å². The lowest BCUT2D eigenvalue weighted by Gasteiger charge is -2.32. The summed E-state index contributed by atoms with van der Waals surface area (Å²) in [6, 6.07) is 5.69. The van der Waals surface area contributed by atoms with Crippen molar-refractivity contribution < 1.29 is 31.1 Å². The number of hydrogen-bond donors (Lipinski definition) is 2. The highest BCUT2D eigenvalue weighted by atomic mass is 32.2. The molecule has 1 saturated carbocycles. The summed E-state index contributed by atoms with van der Waals surface area (Å²) in [7, 11) is -4.39. The van der Waals surface area contributed by atoms with Gasteiger partial charge in [-0.3, -0.25) is 14.7 Å². The van der Waals surface area contributed by atoms with Crippen molar-refractivity contribution in [3.63, 3.8) is 0 Å². The highest BCUT2D eigenvalue weighted by molar-refractivity contribution is 7.85. The maximum atomic E-state index is 13.2. The van der Waals surface area contributed by atoms with Gasteiger partial charge in [-0.05, 0) is 80.3 Å². The number of rotatable bonds is 5. The van der Waals surface area contributed by atoms with Gasteiger partial charge in [0.15, 0.2) is 0 Å². The van der Waals surface area contributed by atoms with Crippen LogP contribution in [0, 0.1) is 24.0 Å². The van der Waals surface area contributed by atoms with Crippen molar-refractivity contribution >= 4 is 21.5 Å². The molecule has 2 aromatic rings. The Balaban J connectivity index is 1.79. The number of halogens is 3. The number of nitrogens with zero attached hydrogens (tertiary/aromatic N) is 1. The van der Waals surface area contributed by atoms with E-state index in [0.717, 1.165) is 23.3 Å². The van der Waals surface area contributed by atoms with E-state index in [-0.39, 0.29) is 22.5 Å². The zero-order chi connectivity index (χ0) is 23.8. The minimum Gasteiger partial charge on any atom is -0.382 e. The molecule has 0 saturated heterocycles. The Labute approximate surface area is 183 Å². The second-order valence-electron chi connectivity index (χ2n) is 8.07. The Hall–Kier alpha value is -2.66. The minimum atomic E-state index is -4.85. The quantitative estimate of drug-likeness (QED) is 0.332. The Morgan fingerprint density at radius 1 is 1.09 bits per heavy atom. The third kappa shape index (κ3) is 5.04. The van der Waals surface area contributed by atoms with Gasteiger partial charge in [0.05, 0.1) is 9.82 Å². The molecule has 2 N–H and O–H groups in total. The molecule has 2 aromatic carbocycles. The molecule has 1 aliphatic rings. The van der Waals surface area contributed by atoms with Crippen molar-refractivity contribution in [2.24, 2.45) is 0 Å². The molecule has 0 radical (unpaired) electrons. The average Bonchev–Trinajstić information content (AvgIpc) is 2.69. The Kier molecular flexibility index (Phi) is 6.52. The minimum absolute atomic E-state index is 0.109. The summed E-state index contributed by atoms with van der Waals surface area (Å²) in [4.78, 5) is 9.74. The van der Waals surface area contributed by atoms with Crippen LogP contribution in [0.3, 0.4) is 0 Å². The van der Waals surface area contributed by atoms with Gasteiger partial charge in [-0.25, -0.2) is 0 Å². The van der Waals surface area contributed by atoms with Crippen molar-refractivity contribution in [1.29, 1.82) is 0 Å². The standard InChI is InChI=1S/C21H23F3N2O5S/c1-12-3-10-19(32(29,30)31)20(13(12)2)14-4-6-15(7-5-14)25-16-8-9-18(26(27)28)17(11-16)21(22,23)24/h3,8-11,14-15,25H,4-7H2,1-2H3,(H,29,30,31)/t14-,15-. The Morgan fingerprint density at radius 3 is 2.25 bits per heavy atom. The number of nitro groups is 1. The van der Waals surface area contributed by atoms with Crippen LogP contribution in [0.2, 0.25) is 0 Å². The number of nitrogens with one attached hydrogen (secondary N) is 1. The zero-order valence-corrected chi connectivity index (χ0v) is 18.3. The fourth-order valence-electron chi connectivity index (χ4n) is 4.32. The Bertz CT molecular complexity index is 1140. The summed E-state index contributed by atoms with van der Waals surface area (Å²) in [6.07, 6.45) is -2.59. The second kappa shape index (κ2) is 8.70. The second-order valence-corrected chi connectivity index (χ2v) is 9.46. The van der Waals surface area contributed by atoms with E-state index < -0.39 is 32.5 Å². The summed E-state index contributed by atoms with van der Waals surface area (Å²) in [6.45, 7) is 3.66. The summed E-state index contributed by atoms with van der Waals surface area (Å²) in [5.41, 5.74) is 0.103. The van der Waals surface area contributed by atoms with Crippen molar-refractivity contribution in [1.82, 2.24) is 0 Å². The maximum Gasteiger partial charge on any atom is 0.423 e. The highest BCUT2D eigenvalue weighted by Crippen LogP contribution is 2.41. The van der Waals surface area contributed by atoms with Gasteiger partial charge in [-0.1, -0.05) is 6.07 Å². The van der Waals surface area contributed by atoms with E-state index in [1.807, 2.05) is 6.92 Å². The molecular formula is C21H23F3N2O5S. The topological polar surface area (TPSA) is 110 Å². The van der Waals surface area contributed by atoms with Gasteiger partial charge in [0.25, 0.3) is 15.8 Å². The van der Waals surface area contributed by atoms with Crippen LogP contribution >= 0.6 is 0 Å². The van der Waals surface area contributed by atoms with Crippen molar-refractivity contribution in [3.05, 3.63) is 62.7 Å². The van der Waals surface area contributed by atoms with Crippen molar-refractivity contribution in [2.75, 3.05) is 5.32 Å². The van der Waals surface area contributed by atoms with Crippen molar-refractivity contribution in [2.45, 2.75) is 62.6 Å². The first-order chi connectivity index (χ1) is 14.8. The van der Waals surface area contributed by atoms with E-state index in [1.54, 1.807) is 13.0 Å². The average molecular weight is 472 g/mol. The lowest BCUT2D eigenvalue weighted by Crippen LogP contribution is -2.26. The largest absolute Gasteiger partial charge is 0.423 e. The van der Waals surface area contributed by atoms with Gasteiger partial charge in [-0.2, -0.15) is 21.6 Å². The normalized spacial score (nSPS) is 19.6. The highest BCUT2D eigenvalue weighted by Gasteiger charge is 2.38. The molecule has 11 heteroatoms. The van der Waals surface area contributed by atoms with E-state index >= 15 is 0 Å². The number of benzene rings is 2. The predicted molar refractivity (Wildman–Crippen MR) is 112 cm³/mol. The summed E-state index contributed by atoms with van der Waals surface area (Å²) in [5.74, 6) is -0.118. The van der Waals surface area contributed by atoms with Gasteiger partial charge >= 0.3 is 6.18 Å². The third-order valence-electron chi connectivity index (χ3n) is 6.03. The third-order valence-corrected chi connectivity index (χ3v) is 6.94. The van der Waals surface area contributed by atoms with Gasteiger partial charge in [-0.15, -0.1) is 0 Å². The van der Waals surface area contributed by atoms with Crippen LogP contribution in [0.25, 0.3) is 0 Å². The lowest BCUT2D eigenvalue weighted by atomic mass is 9.79. The number of alkyl halides is 3. The van der Waals surface area contributed by atoms with Gasteiger partial charge in [0, 0.05) is 17.8 Å². The molecule has 0 bridgehead atoms. The number of nitro benzene ring substituents is 1. The molecular weight excluding hydrogens is 449 g/mol. The van der Waals surface area contributed by atoms with E-state index in [9.17, 15) is 36.3 Å². The van der Waals surface area contributed by atoms with Gasteiger partial charge in [0.1, 0.15) is 5.56 Å². The molecule has 32 heavy (non-hydrogen) atoms. The summed E-state index contributed by atoms with van der Waals surface area (Å²) in [5, 5.41) is 13.9. The maximum absolute atomic E-state index is 13.2. The van der Waals surface area contributed by atoms with Crippen molar-refractivity contribution in [3.8, 4) is 0 Å². The molecule has 0 heterocycles. The molecule has 1 fully saturated rings. The SMILES string of the molecule is Cc1ccc(S(=O)(=O)O)c([C@H]2CC[C@H](Nc3ccc([N+](=O)[O-])c(C(F)(F)F)c3)CC2)c1C. The smallest absolute Gasteiger partial charge is 0.382 e.